The van der Waals surface area contributed by atoms with Crippen molar-refractivity contribution in [2.24, 2.45) is 0 Å². The van der Waals surface area contributed by atoms with Crippen molar-refractivity contribution in [3.8, 4) is 0 Å². The van der Waals surface area contributed by atoms with Crippen LogP contribution in [0.2, 0.25) is 0 Å². The largest absolute Gasteiger partial charge is 0.336 e. The highest BCUT2D eigenvalue weighted by Crippen LogP contribution is 2.25. The number of hydrogen-bond acceptors (Lipinski definition) is 2. The molecule has 3 rings (SSSR count). The van der Waals surface area contributed by atoms with Crippen LogP contribution >= 0.6 is 15.9 Å². The molecule has 2 aliphatic rings. The highest BCUT2D eigenvalue weighted by molar-refractivity contribution is 9.10. The number of rotatable bonds is 2. The van der Waals surface area contributed by atoms with E-state index in [1.54, 1.807) is 0 Å². The second-order valence-electron chi connectivity index (χ2n) is 6.23. The van der Waals surface area contributed by atoms with Crippen molar-refractivity contribution >= 4 is 21.8 Å². The Hall–Kier alpha value is -0.870. The first-order chi connectivity index (χ1) is 10.1. The molecular formula is C17H23BrN2O. The molecule has 1 aromatic carbocycles. The molecule has 1 saturated carbocycles. The van der Waals surface area contributed by atoms with Crippen LogP contribution in [0.3, 0.4) is 0 Å². The Morgan fingerprint density at radius 1 is 1.14 bits per heavy atom. The van der Waals surface area contributed by atoms with Gasteiger partial charge in [0.15, 0.2) is 0 Å². The summed E-state index contributed by atoms with van der Waals surface area (Å²) in [6.45, 7) is 5.83. The third kappa shape index (κ3) is 3.32. The molecule has 4 heteroatoms. The molecule has 0 bridgehead atoms. The topological polar surface area (TPSA) is 23.6 Å². The smallest absolute Gasteiger partial charge is 0.253 e. The molecule has 0 N–H and O–H groups in total. The molecule has 0 radical (unpaired) electrons. The molecule has 21 heavy (non-hydrogen) atoms. The van der Waals surface area contributed by atoms with Crippen LogP contribution in [-0.2, 0) is 0 Å². The van der Waals surface area contributed by atoms with E-state index in [-0.39, 0.29) is 5.91 Å². The number of aryl methyl sites for hydroxylation is 1. The number of nitrogens with zero attached hydrogens (tertiary/aromatic N) is 2. The minimum absolute atomic E-state index is 0.177. The van der Waals surface area contributed by atoms with E-state index in [9.17, 15) is 4.79 Å². The van der Waals surface area contributed by atoms with E-state index < -0.39 is 0 Å². The van der Waals surface area contributed by atoms with Crippen LogP contribution in [0.15, 0.2) is 22.7 Å². The first kappa shape index (κ1) is 15.0. The Labute approximate surface area is 135 Å². The molecule has 1 aromatic rings. The van der Waals surface area contributed by atoms with Crippen molar-refractivity contribution < 1.29 is 4.79 Å². The van der Waals surface area contributed by atoms with Crippen LogP contribution < -0.4 is 0 Å². The Morgan fingerprint density at radius 2 is 1.81 bits per heavy atom. The van der Waals surface area contributed by atoms with Crippen LogP contribution in [0.25, 0.3) is 0 Å². The average Bonchev–Trinajstić information content (AvgIpc) is 3.04. The second kappa shape index (κ2) is 6.49. The second-order valence-corrected chi connectivity index (χ2v) is 7.08. The number of hydrogen-bond donors (Lipinski definition) is 0. The minimum Gasteiger partial charge on any atom is -0.336 e. The zero-order chi connectivity index (χ0) is 14.8. The van der Waals surface area contributed by atoms with Gasteiger partial charge in [-0.3, -0.25) is 9.69 Å². The standard InChI is InChI=1S/C17H23BrN2O/c1-13-12-14(6-7-16(13)18)17(21)20-10-8-19(9-11-20)15-4-2-3-5-15/h6-7,12,15H,2-5,8-11H2,1H3. The third-order valence-electron chi connectivity index (χ3n) is 4.85. The molecule has 1 aliphatic carbocycles. The van der Waals surface area contributed by atoms with Crippen molar-refractivity contribution in [1.29, 1.82) is 0 Å². The monoisotopic (exact) mass is 350 g/mol. The van der Waals surface area contributed by atoms with Crippen LogP contribution in [0.5, 0.6) is 0 Å². The predicted octanol–water partition coefficient (Wildman–Crippen LogP) is 3.46. The zero-order valence-corrected chi connectivity index (χ0v) is 14.2. The highest BCUT2D eigenvalue weighted by atomic mass is 79.9. The van der Waals surface area contributed by atoms with Crippen LogP contribution in [0.4, 0.5) is 0 Å². The van der Waals surface area contributed by atoms with Gasteiger partial charge in [-0.2, -0.15) is 0 Å². The Balaban J connectivity index is 1.60. The Morgan fingerprint density at radius 3 is 2.43 bits per heavy atom. The number of carbonyl (C=O) groups is 1. The van der Waals surface area contributed by atoms with Gasteiger partial charge in [0.05, 0.1) is 0 Å². The van der Waals surface area contributed by atoms with Crippen LogP contribution in [0, 0.1) is 6.92 Å². The van der Waals surface area contributed by atoms with Crippen molar-refractivity contribution in [1.82, 2.24) is 9.80 Å². The maximum absolute atomic E-state index is 12.6. The summed E-state index contributed by atoms with van der Waals surface area (Å²) in [7, 11) is 0. The molecule has 1 amide bonds. The first-order valence-corrected chi connectivity index (χ1v) is 8.74. The number of amides is 1. The summed E-state index contributed by atoms with van der Waals surface area (Å²) in [5.74, 6) is 0.177. The summed E-state index contributed by atoms with van der Waals surface area (Å²) in [4.78, 5) is 17.2. The number of piperazine rings is 1. The van der Waals surface area contributed by atoms with Crippen molar-refractivity contribution in [2.75, 3.05) is 26.2 Å². The van der Waals surface area contributed by atoms with E-state index in [2.05, 4.69) is 20.8 Å². The van der Waals surface area contributed by atoms with E-state index in [1.165, 1.54) is 25.7 Å². The molecule has 1 saturated heterocycles. The number of benzene rings is 1. The van der Waals surface area contributed by atoms with Gasteiger partial charge in [0.2, 0.25) is 0 Å². The van der Waals surface area contributed by atoms with E-state index >= 15 is 0 Å². The Kier molecular flexibility index (Phi) is 4.65. The molecule has 1 aliphatic heterocycles. The lowest BCUT2D eigenvalue weighted by atomic mass is 10.1. The third-order valence-corrected chi connectivity index (χ3v) is 5.74. The summed E-state index contributed by atoms with van der Waals surface area (Å²) in [6.07, 6.45) is 5.45. The number of halogens is 1. The van der Waals surface area contributed by atoms with E-state index in [4.69, 9.17) is 0 Å². The Bertz CT molecular complexity index is 518. The predicted molar refractivity (Wildman–Crippen MR) is 88.6 cm³/mol. The van der Waals surface area contributed by atoms with Crippen molar-refractivity contribution in [3.05, 3.63) is 33.8 Å². The fourth-order valence-electron chi connectivity index (χ4n) is 3.52. The van der Waals surface area contributed by atoms with Gasteiger partial charge >= 0.3 is 0 Å². The molecular weight excluding hydrogens is 328 g/mol. The lowest BCUT2D eigenvalue weighted by Crippen LogP contribution is -2.51. The van der Waals surface area contributed by atoms with Gasteiger partial charge in [-0.05, 0) is 43.5 Å². The molecule has 0 spiro atoms. The molecule has 114 valence electrons. The maximum Gasteiger partial charge on any atom is 0.253 e. The molecule has 1 heterocycles. The van der Waals surface area contributed by atoms with E-state index in [0.29, 0.717) is 0 Å². The molecule has 2 fully saturated rings. The summed E-state index contributed by atoms with van der Waals surface area (Å²) in [5, 5.41) is 0. The fraction of sp³-hybridized carbons (Fsp3) is 0.588. The average molecular weight is 351 g/mol. The summed E-state index contributed by atoms with van der Waals surface area (Å²) >= 11 is 3.49. The quantitative estimate of drug-likeness (QED) is 0.815. The van der Waals surface area contributed by atoms with Crippen LogP contribution in [0.1, 0.15) is 41.6 Å². The lowest BCUT2D eigenvalue weighted by Gasteiger charge is -2.38. The van der Waals surface area contributed by atoms with Gasteiger partial charge in [-0.1, -0.05) is 28.8 Å². The first-order valence-electron chi connectivity index (χ1n) is 7.94. The summed E-state index contributed by atoms with van der Waals surface area (Å²) in [6, 6.07) is 6.65. The van der Waals surface area contributed by atoms with Gasteiger partial charge < -0.3 is 4.90 Å². The van der Waals surface area contributed by atoms with Gasteiger partial charge in [0.1, 0.15) is 0 Å². The maximum atomic E-state index is 12.6. The minimum atomic E-state index is 0.177. The summed E-state index contributed by atoms with van der Waals surface area (Å²) in [5.41, 5.74) is 1.93. The van der Waals surface area contributed by atoms with E-state index in [1.807, 2.05) is 30.0 Å². The van der Waals surface area contributed by atoms with Crippen molar-refractivity contribution in [2.45, 2.75) is 38.6 Å². The van der Waals surface area contributed by atoms with Crippen molar-refractivity contribution in [3.63, 3.8) is 0 Å². The molecule has 0 aromatic heterocycles. The molecule has 0 atom stereocenters. The van der Waals surface area contributed by atoms with Gasteiger partial charge in [0, 0.05) is 42.3 Å². The van der Waals surface area contributed by atoms with Gasteiger partial charge in [-0.25, -0.2) is 0 Å². The zero-order valence-electron chi connectivity index (χ0n) is 12.6. The lowest BCUT2D eigenvalue weighted by molar-refractivity contribution is 0.0573. The fourth-order valence-corrected chi connectivity index (χ4v) is 3.77. The SMILES string of the molecule is Cc1cc(C(=O)N2CCN(C3CCCC3)CC2)ccc1Br. The van der Waals surface area contributed by atoms with E-state index in [0.717, 1.165) is 47.8 Å². The summed E-state index contributed by atoms with van der Waals surface area (Å²) < 4.78 is 1.06. The highest BCUT2D eigenvalue weighted by Gasteiger charge is 2.28. The van der Waals surface area contributed by atoms with Gasteiger partial charge in [-0.15, -0.1) is 0 Å². The van der Waals surface area contributed by atoms with Gasteiger partial charge in [0.25, 0.3) is 5.91 Å². The number of carbonyl (C=O) groups excluding carboxylic acids is 1. The van der Waals surface area contributed by atoms with Crippen LogP contribution in [-0.4, -0.2) is 47.9 Å². The molecule has 3 nitrogen and oxygen atoms in total. The normalized spacial score (nSPS) is 21.0. The molecule has 0 unspecified atom stereocenters.